The van der Waals surface area contributed by atoms with Gasteiger partial charge in [0.05, 0.1) is 24.5 Å². The summed E-state index contributed by atoms with van der Waals surface area (Å²) >= 11 is 0. The molecule has 0 unspecified atom stereocenters. The Morgan fingerprint density at radius 2 is 1.82 bits per heavy atom. The number of anilines is 1. The average Bonchev–Trinajstić information content (AvgIpc) is 2.73. The third-order valence-corrected chi connectivity index (χ3v) is 4.65. The minimum Gasteiger partial charge on any atom is -0.379 e. The Kier molecular flexibility index (Phi) is 7.17. The maximum Gasteiger partial charge on any atom is 0.255 e. The normalized spacial score (nSPS) is 14.5. The van der Waals surface area contributed by atoms with E-state index in [1.54, 1.807) is 30.3 Å². The molecule has 0 aliphatic carbocycles. The molecule has 0 atom stereocenters. The Morgan fingerprint density at radius 3 is 2.61 bits per heavy atom. The van der Waals surface area contributed by atoms with Crippen molar-refractivity contribution in [3.05, 3.63) is 65.2 Å². The average molecular weight is 381 g/mol. The lowest BCUT2D eigenvalue weighted by Crippen LogP contribution is -2.35. The lowest BCUT2D eigenvalue weighted by atomic mass is 10.1. The summed E-state index contributed by atoms with van der Waals surface area (Å²) in [6.45, 7) is 6.69. The molecule has 0 radical (unpaired) electrons. The number of nitrogens with zero attached hydrogens (tertiary/aromatic N) is 1. The van der Waals surface area contributed by atoms with Crippen LogP contribution >= 0.6 is 0 Å². The summed E-state index contributed by atoms with van der Waals surface area (Å²) in [5, 5.41) is 5.73. The molecule has 2 aromatic carbocycles. The molecule has 1 aliphatic heterocycles. The first kappa shape index (κ1) is 20.0. The molecule has 1 aliphatic rings. The van der Waals surface area contributed by atoms with Crippen LogP contribution in [0.15, 0.2) is 48.5 Å². The highest BCUT2D eigenvalue weighted by Crippen LogP contribution is 2.17. The fourth-order valence-corrected chi connectivity index (χ4v) is 3.15. The third-order valence-electron chi connectivity index (χ3n) is 4.65. The van der Waals surface area contributed by atoms with Gasteiger partial charge in [0.25, 0.3) is 11.8 Å². The van der Waals surface area contributed by atoms with Gasteiger partial charge in [0.1, 0.15) is 0 Å². The van der Waals surface area contributed by atoms with Crippen molar-refractivity contribution in [3.8, 4) is 0 Å². The van der Waals surface area contributed by atoms with Crippen LogP contribution in [0.3, 0.4) is 0 Å². The van der Waals surface area contributed by atoms with Crippen LogP contribution in [0.25, 0.3) is 0 Å². The van der Waals surface area contributed by atoms with Crippen molar-refractivity contribution in [2.45, 2.75) is 19.9 Å². The monoisotopic (exact) mass is 381 g/mol. The lowest BCUT2D eigenvalue weighted by Gasteiger charge is -2.26. The van der Waals surface area contributed by atoms with E-state index in [2.05, 4.69) is 15.5 Å². The fraction of sp³-hybridized carbons (Fsp3) is 0.364. The summed E-state index contributed by atoms with van der Waals surface area (Å²) in [5.74, 6) is -0.404. The smallest absolute Gasteiger partial charge is 0.255 e. The van der Waals surface area contributed by atoms with E-state index in [1.807, 2.05) is 25.1 Å². The van der Waals surface area contributed by atoms with Gasteiger partial charge in [-0.2, -0.15) is 0 Å². The fourth-order valence-electron chi connectivity index (χ4n) is 3.15. The molecule has 2 amide bonds. The molecule has 6 nitrogen and oxygen atoms in total. The zero-order chi connectivity index (χ0) is 19.8. The van der Waals surface area contributed by atoms with E-state index in [1.165, 1.54) is 0 Å². The van der Waals surface area contributed by atoms with Crippen LogP contribution in [-0.4, -0.2) is 49.6 Å². The van der Waals surface area contributed by atoms with Crippen molar-refractivity contribution in [1.82, 2.24) is 10.2 Å². The van der Waals surface area contributed by atoms with Gasteiger partial charge in [-0.15, -0.1) is 0 Å². The number of nitrogens with one attached hydrogen (secondary N) is 2. The van der Waals surface area contributed by atoms with Gasteiger partial charge >= 0.3 is 0 Å². The SMILES string of the molecule is CCCNC(=O)c1ccccc1NC(=O)c1cccc(CN2CCOCC2)c1. The van der Waals surface area contributed by atoms with Crippen molar-refractivity contribution in [2.75, 3.05) is 38.2 Å². The van der Waals surface area contributed by atoms with Gasteiger partial charge in [-0.3, -0.25) is 14.5 Å². The predicted octanol–water partition coefficient (Wildman–Crippen LogP) is 2.91. The number of amides is 2. The first-order valence-electron chi connectivity index (χ1n) is 9.75. The quantitative estimate of drug-likeness (QED) is 0.774. The third kappa shape index (κ3) is 5.41. The largest absolute Gasteiger partial charge is 0.379 e. The van der Waals surface area contributed by atoms with Gasteiger partial charge in [-0.25, -0.2) is 0 Å². The van der Waals surface area contributed by atoms with E-state index in [4.69, 9.17) is 4.74 Å². The summed E-state index contributed by atoms with van der Waals surface area (Å²) in [6, 6.07) is 14.7. The summed E-state index contributed by atoms with van der Waals surface area (Å²) < 4.78 is 5.38. The van der Waals surface area contributed by atoms with E-state index in [9.17, 15) is 9.59 Å². The molecule has 3 rings (SSSR count). The summed E-state index contributed by atoms with van der Waals surface area (Å²) in [6.07, 6.45) is 0.857. The van der Waals surface area contributed by atoms with E-state index >= 15 is 0 Å². The first-order valence-corrected chi connectivity index (χ1v) is 9.75. The van der Waals surface area contributed by atoms with Crippen LogP contribution in [-0.2, 0) is 11.3 Å². The summed E-state index contributed by atoms with van der Waals surface area (Å²) in [7, 11) is 0. The molecule has 0 bridgehead atoms. The highest BCUT2D eigenvalue weighted by atomic mass is 16.5. The van der Waals surface area contributed by atoms with Crippen LogP contribution in [0.2, 0.25) is 0 Å². The van der Waals surface area contributed by atoms with Crippen molar-refractivity contribution >= 4 is 17.5 Å². The number of carbonyl (C=O) groups is 2. The second kappa shape index (κ2) is 10.0. The number of benzene rings is 2. The molecule has 0 aromatic heterocycles. The molecular weight excluding hydrogens is 354 g/mol. The number of carbonyl (C=O) groups excluding carboxylic acids is 2. The van der Waals surface area contributed by atoms with Crippen molar-refractivity contribution in [1.29, 1.82) is 0 Å². The molecule has 28 heavy (non-hydrogen) atoms. The van der Waals surface area contributed by atoms with Crippen LogP contribution in [0, 0.1) is 0 Å². The van der Waals surface area contributed by atoms with Gasteiger partial charge in [-0.05, 0) is 36.2 Å². The highest BCUT2D eigenvalue weighted by molar-refractivity contribution is 6.09. The molecule has 0 saturated carbocycles. The van der Waals surface area contributed by atoms with Crippen molar-refractivity contribution in [2.24, 2.45) is 0 Å². The molecule has 6 heteroatoms. The molecule has 148 valence electrons. The molecule has 1 saturated heterocycles. The summed E-state index contributed by atoms with van der Waals surface area (Å²) in [5.41, 5.74) is 2.64. The van der Waals surface area contributed by atoms with Crippen LogP contribution < -0.4 is 10.6 Å². The predicted molar refractivity (Wildman–Crippen MR) is 110 cm³/mol. The first-order chi connectivity index (χ1) is 13.7. The highest BCUT2D eigenvalue weighted by Gasteiger charge is 2.15. The van der Waals surface area contributed by atoms with E-state index in [-0.39, 0.29) is 11.8 Å². The zero-order valence-electron chi connectivity index (χ0n) is 16.2. The second-order valence-corrected chi connectivity index (χ2v) is 6.84. The number of morpholine rings is 1. The minimum atomic E-state index is -0.223. The Labute approximate surface area is 165 Å². The number of hydrogen-bond donors (Lipinski definition) is 2. The number of hydrogen-bond acceptors (Lipinski definition) is 4. The van der Waals surface area contributed by atoms with E-state index in [0.717, 1.165) is 44.8 Å². The Morgan fingerprint density at radius 1 is 1.04 bits per heavy atom. The Hall–Kier alpha value is -2.70. The Balaban J connectivity index is 1.69. The maximum atomic E-state index is 12.8. The summed E-state index contributed by atoms with van der Waals surface area (Å²) in [4.78, 5) is 27.4. The lowest BCUT2D eigenvalue weighted by molar-refractivity contribution is 0.0342. The minimum absolute atomic E-state index is 0.182. The van der Waals surface area contributed by atoms with Crippen LogP contribution in [0.5, 0.6) is 0 Å². The number of rotatable bonds is 7. The molecule has 1 heterocycles. The van der Waals surface area contributed by atoms with Gasteiger partial charge in [0.15, 0.2) is 0 Å². The number of ether oxygens (including phenoxy) is 1. The van der Waals surface area contributed by atoms with Gasteiger partial charge in [0, 0.05) is 31.7 Å². The standard InChI is InChI=1S/C22H27N3O3/c1-2-10-23-22(27)19-8-3-4-9-20(19)24-21(26)18-7-5-6-17(15-18)16-25-11-13-28-14-12-25/h3-9,15H,2,10-14,16H2,1H3,(H,23,27)(H,24,26). The molecule has 1 fully saturated rings. The molecule has 2 N–H and O–H groups in total. The second-order valence-electron chi connectivity index (χ2n) is 6.84. The van der Waals surface area contributed by atoms with Gasteiger partial charge in [0.2, 0.25) is 0 Å². The topological polar surface area (TPSA) is 70.7 Å². The Bertz CT molecular complexity index is 816. The van der Waals surface area contributed by atoms with Gasteiger partial charge < -0.3 is 15.4 Å². The van der Waals surface area contributed by atoms with Crippen LogP contribution in [0.4, 0.5) is 5.69 Å². The van der Waals surface area contributed by atoms with E-state index < -0.39 is 0 Å². The maximum absolute atomic E-state index is 12.8. The van der Waals surface area contributed by atoms with Gasteiger partial charge in [-0.1, -0.05) is 31.2 Å². The zero-order valence-corrected chi connectivity index (χ0v) is 16.2. The van der Waals surface area contributed by atoms with Crippen molar-refractivity contribution < 1.29 is 14.3 Å². The number of para-hydroxylation sites is 1. The van der Waals surface area contributed by atoms with Crippen LogP contribution in [0.1, 0.15) is 39.6 Å². The molecule has 2 aromatic rings. The van der Waals surface area contributed by atoms with E-state index in [0.29, 0.717) is 23.4 Å². The molecular formula is C22H27N3O3. The van der Waals surface area contributed by atoms with Crippen molar-refractivity contribution in [3.63, 3.8) is 0 Å². The molecule has 0 spiro atoms.